The highest BCUT2D eigenvalue weighted by Gasteiger charge is 2.23. The maximum absolute atomic E-state index is 15.0. The third-order valence-corrected chi connectivity index (χ3v) is 6.60. The van der Waals surface area contributed by atoms with E-state index in [9.17, 15) is 14.0 Å². The number of piperazine rings is 1. The van der Waals surface area contributed by atoms with E-state index < -0.39 is 11.9 Å². The van der Waals surface area contributed by atoms with Gasteiger partial charge in [-0.3, -0.25) is 14.5 Å². The average molecular weight is 453 g/mol. The fourth-order valence-corrected chi connectivity index (χ4v) is 4.95. The summed E-state index contributed by atoms with van der Waals surface area (Å²) in [6, 6.07) is 6.52. The number of nitrogens with zero attached hydrogens (tertiary/aromatic N) is 3. The number of H-pyrrole nitrogens is 1. The van der Waals surface area contributed by atoms with Crippen LogP contribution in [0, 0.1) is 11.8 Å². The van der Waals surface area contributed by atoms with Crippen molar-refractivity contribution in [1.82, 2.24) is 20.2 Å². The van der Waals surface area contributed by atoms with Crippen LogP contribution in [-0.4, -0.2) is 54.0 Å². The number of anilines is 1. The summed E-state index contributed by atoms with van der Waals surface area (Å²) in [6.07, 6.45) is 2.33. The number of hydrogen-bond acceptors (Lipinski definition) is 5. The van der Waals surface area contributed by atoms with Crippen molar-refractivity contribution < 1.29 is 13.6 Å². The molecule has 1 aromatic carbocycles. The minimum absolute atomic E-state index is 0.0411. The van der Waals surface area contributed by atoms with Gasteiger partial charge in [0, 0.05) is 50.7 Å². The van der Waals surface area contributed by atoms with Gasteiger partial charge in [0.2, 0.25) is 5.95 Å². The molecule has 2 aliphatic rings. The molecule has 1 aliphatic heterocycles. The first-order valence-electron chi connectivity index (χ1n) is 11.2. The highest BCUT2D eigenvalue weighted by molar-refractivity contribution is 5.92. The first-order valence-corrected chi connectivity index (χ1v) is 11.2. The lowest BCUT2D eigenvalue weighted by Crippen LogP contribution is -2.46. The van der Waals surface area contributed by atoms with Gasteiger partial charge in [-0.25, -0.2) is 9.37 Å². The summed E-state index contributed by atoms with van der Waals surface area (Å²) in [5.41, 5.74) is 3.21. The summed E-state index contributed by atoms with van der Waals surface area (Å²) in [5, 5.41) is 2.97. The summed E-state index contributed by atoms with van der Waals surface area (Å²) in [7, 11) is 1.47. The summed E-state index contributed by atoms with van der Waals surface area (Å²) < 4.78 is 29.5. The van der Waals surface area contributed by atoms with Gasteiger partial charge in [0.25, 0.3) is 11.5 Å². The number of aromatic nitrogens is 2. The Balaban J connectivity index is 1.29. The molecule has 0 atom stereocenters. The number of aromatic amines is 1. The molecule has 1 aliphatic carbocycles. The fraction of sp³-hybridized carbons (Fsp3) is 0.375. The molecule has 3 aromatic rings. The van der Waals surface area contributed by atoms with Crippen LogP contribution in [0.5, 0.6) is 0 Å². The Hall–Kier alpha value is -3.33. The standard InChI is InChI=1S/C24H25F2N5O2/c1-27-24(33)18-5-6-20(22(26)28-18)31-9-7-30(8-10-31)13-14-11-17(25)21-15-3-2-4-16(15)23(32)29-19(21)12-14/h5-6,11-12H,2-4,7-10,13H2,1H3,(H,27,33)(H,29,32). The molecule has 0 spiro atoms. The van der Waals surface area contributed by atoms with Crippen molar-refractivity contribution >= 4 is 22.5 Å². The van der Waals surface area contributed by atoms with Crippen LogP contribution in [-0.2, 0) is 19.4 Å². The van der Waals surface area contributed by atoms with Crippen LogP contribution < -0.4 is 15.8 Å². The van der Waals surface area contributed by atoms with Crippen LogP contribution in [0.3, 0.4) is 0 Å². The SMILES string of the molecule is CNC(=O)c1ccc(N2CCN(Cc3cc(F)c4c5c(c(=O)[nH]c4c3)CCC5)CC2)c(F)n1. The van der Waals surface area contributed by atoms with E-state index in [-0.39, 0.29) is 17.1 Å². The van der Waals surface area contributed by atoms with E-state index >= 15 is 4.39 Å². The van der Waals surface area contributed by atoms with Crippen LogP contribution in [0.1, 0.15) is 33.6 Å². The number of aryl methyl sites for hydroxylation is 1. The molecule has 2 aromatic heterocycles. The third-order valence-electron chi connectivity index (χ3n) is 6.60. The predicted octanol–water partition coefficient (Wildman–Crippen LogP) is 2.37. The molecule has 33 heavy (non-hydrogen) atoms. The van der Waals surface area contributed by atoms with Gasteiger partial charge in [-0.05, 0) is 54.7 Å². The fourth-order valence-electron chi connectivity index (χ4n) is 4.95. The lowest BCUT2D eigenvalue weighted by Gasteiger charge is -2.36. The number of carbonyl (C=O) groups is 1. The normalized spacial score (nSPS) is 16.3. The second-order valence-corrected chi connectivity index (χ2v) is 8.61. The molecule has 172 valence electrons. The number of rotatable bonds is 4. The van der Waals surface area contributed by atoms with Crippen LogP contribution in [0.4, 0.5) is 14.5 Å². The number of nitrogens with one attached hydrogen (secondary N) is 2. The molecule has 0 radical (unpaired) electrons. The van der Waals surface area contributed by atoms with Gasteiger partial charge in [0.15, 0.2) is 0 Å². The number of hydrogen-bond donors (Lipinski definition) is 2. The first kappa shape index (κ1) is 21.5. The highest BCUT2D eigenvalue weighted by Crippen LogP contribution is 2.29. The monoisotopic (exact) mass is 453 g/mol. The molecule has 0 unspecified atom stereocenters. The number of halogens is 2. The summed E-state index contributed by atoms with van der Waals surface area (Å²) in [5.74, 6) is -1.39. The van der Waals surface area contributed by atoms with Crippen LogP contribution >= 0.6 is 0 Å². The minimum atomic E-state index is -0.669. The second-order valence-electron chi connectivity index (χ2n) is 8.61. The van der Waals surface area contributed by atoms with Gasteiger partial charge >= 0.3 is 0 Å². The van der Waals surface area contributed by atoms with E-state index in [4.69, 9.17) is 0 Å². The maximum Gasteiger partial charge on any atom is 0.269 e. The molecule has 3 heterocycles. The lowest BCUT2D eigenvalue weighted by molar-refractivity contribution is 0.0957. The number of benzene rings is 1. The molecule has 2 N–H and O–H groups in total. The summed E-state index contributed by atoms with van der Waals surface area (Å²) >= 11 is 0. The van der Waals surface area contributed by atoms with Crippen molar-refractivity contribution in [3.63, 3.8) is 0 Å². The van der Waals surface area contributed by atoms with Gasteiger partial charge in [-0.15, -0.1) is 0 Å². The average Bonchev–Trinajstić information content (AvgIpc) is 3.29. The lowest BCUT2D eigenvalue weighted by atomic mass is 10.0. The van der Waals surface area contributed by atoms with Crippen LogP contribution in [0.2, 0.25) is 0 Å². The molecular weight excluding hydrogens is 428 g/mol. The smallest absolute Gasteiger partial charge is 0.269 e. The van der Waals surface area contributed by atoms with Crippen molar-refractivity contribution in [1.29, 1.82) is 0 Å². The van der Waals surface area contributed by atoms with Crippen molar-refractivity contribution in [2.45, 2.75) is 25.8 Å². The number of fused-ring (bicyclic) bond motifs is 3. The van der Waals surface area contributed by atoms with Crippen LogP contribution in [0.15, 0.2) is 29.1 Å². The van der Waals surface area contributed by atoms with E-state index in [1.807, 2.05) is 11.0 Å². The Labute approximate surface area is 189 Å². The zero-order valence-corrected chi connectivity index (χ0v) is 18.4. The zero-order valence-electron chi connectivity index (χ0n) is 18.4. The Morgan fingerprint density at radius 2 is 1.88 bits per heavy atom. The van der Waals surface area contributed by atoms with Crippen molar-refractivity contribution in [2.75, 3.05) is 38.1 Å². The Bertz CT molecular complexity index is 1300. The van der Waals surface area contributed by atoms with E-state index in [1.54, 1.807) is 12.1 Å². The topological polar surface area (TPSA) is 81.3 Å². The Morgan fingerprint density at radius 3 is 2.61 bits per heavy atom. The van der Waals surface area contributed by atoms with E-state index in [1.165, 1.54) is 13.1 Å². The van der Waals surface area contributed by atoms with E-state index in [2.05, 4.69) is 20.2 Å². The number of pyridine rings is 2. The second kappa shape index (κ2) is 8.55. The number of carbonyl (C=O) groups excluding carboxylic acids is 1. The largest absolute Gasteiger partial charge is 0.365 e. The minimum Gasteiger partial charge on any atom is -0.365 e. The van der Waals surface area contributed by atoms with Crippen molar-refractivity contribution in [3.05, 3.63) is 68.8 Å². The Morgan fingerprint density at radius 1 is 1.12 bits per heavy atom. The van der Waals surface area contributed by atoms with Gasteiger partial charge < -0.3 is 15.2 Å². The molecule has 5 rings (SSSR count). The maximum atomic E-state index is 15.0. The van der Waals surface area contributed by atoms with Crippen LogP contribution in [0.25, 0.3) is 10.9 Å². The highest BCUT2D eigenvalue weighted by atomic mass is 19.1. The predicted molar refractivity (Wildman–Crippen MR) is 122 cm³/mol. The van der Waals surface area contributed by atoms with E-state index in [0.717, 1.165) is 29.5 Å². The van der Waals surface area contributed by atoms with Gasteiger partial charge in [0.05, 0.1) is 11.2 Å². The zero-order chi connectivity index (χ0) is 23.1. The quantitative estimate of drug-likeness (QED) is 0.593. The molecule has 9 heteroatoms. The molecule has 7 nitrogen and oxygen atoms in total. The van der Waals surface area contributed by atoms with Crippen molar-refractivity contribution in [3.8, 4) is 0 Å². The number of amides is 1. The summed E-state index contributed by atoms with van der Waals surface area (Å²) in [4.78, 5) is 34.7. The molecule has 0 saturated carbocycles. The van der Waals surface area contributed by atoms with Gasteiger partial charge in [-0.2, -0.15) is 4.39 Å². The van der Waals surface area contributed by atoms with E-state index in [0.29, 0.717) is 55.7 Å². The third kappa shape index (κ3) is 3.97. The van der Waals surface area contributed by atoms with Gasteiger partial charge in [0.1, 0.15) is 11.5 Å². The molecule has 1 amide bonds. The van der Waals surface area contributed by atoms with Crippen molar-refractivity contribution in [2.24, 2.45) is 0 Å². The molecule has 0 bridgehead atoms. The molecular formula is C24H25F2N5O2. The summed E-state index contributed by atoms with van der Waals surface area (Å²) in [6.45, 7) is 3.03. The molecule has 1 saturated heterocycles. The van der Waals surface area contributed by atoms with Gasteiger partial charge in [-0.1, -0.05) is 0 Å². The Kier molecular flexibility index (Phi) is 5.57. The molecule has 1 fully saturated rings. The first-order chi connectivity index (χ1) is 15.9.